The van der Waals surface area contributed by atoms with Crippen LogP contribution in [0.5, 0.6) is 0 Å². The number of rotatable bonds is 10. The van der Waals surface area contributed by atoms with Crippen molar-refractivity contribution in [1.82, 2.24) is 11.0 Å². The maximum atomic E-state index is 12.0. The SMILES string of the molecule is O=C(O)CCONC1=C(Cl)C(=O)C(NOCCC(=O)O)=C(Cl)C1=O. The molecule has 24 heavy (non-hydrogen) atoms. The topological polar surface area (TPSA) is 151 Å². The molecule has 0 aliphatic heterocycles. The number of allylic oxidation sites excluding steroid dienone is 2. The van der Waals surface area contributed by atoms with Gasteiger partial charge in [0.15, 0.2) is 0 Å². The van der Waals surface area contributed by atoms with E-state index in [2.05, 4.69) is 11.0 Å². The number of nitrogens with one attached hydrogen (secondary N) is 2. The first-order valence-electron chi connectivity index (χ1n) is 6.33. The molecule has 0 bridgehead atoms. The Morgan fingerprint density at radius 1 is 0.833 bits per heavy atom. The third-order valence-corrected chi connectivity index (χ3v) is 3.20. The first-order chi connectivity index (χ1) is 11.3. The van der Waals surface area contributed by atoms with Crippen molar-refractivity contribution in [2.24, 2.45) is 0 Å². The fraction of sp³-hybridized carbons (Fsp3) is 0.333. The van der Waals surface area contributed by atoms with Crippen molar-refractivity contribution in [2.45, 2.75) is 12.8 Å². The van der Waals surface area contributed by atoms with Crippen LogP contribution < -0.4 is 11.0 Å². The molecule has 0 aromatic heterocycles. The van der Waals surface area contributed by atoms with E-state index in [0.717, 1.165) is 0 Å². The molecule has 4 N–H and O–H groups in total. The largest absolute Gasteiger partial charge is 0.481 e. The highest BCUT2D eigenvalue weighted by Crippen LogP contribution is 2.26. The van der Waals surface area contributed by atoms with Gasteiger partial charge in [-0.25, -0.2) is 0 Å². The second kappa shape index (κ2) is 9.23. The van der Waals surface area contributed by atoms with E-state index < -0.39 is 45.0 Å². The lowest BCUT2D eigenvalue weighted by Gasteiger charge is -2.19. The van der Waals surface area contributed by atoms with Crippen LogP contribution >= 0.6 is 23.2 Å². The van der Waals surface area contributed by atoms with Gasteiger partial charge in [0.05, 0.1) is 26.1 Å². The number of hydrogen-bond acceptors (Lipinski definition) is 8. The predicted molar refractivity (Wildman–Crippen MR) is 78.5 cm³/mol. The molecule has 0 unspecified atom stereocenters. The van der Waals surface area contributed by atoms with Crippen LogP contribution in [-0.4, -0.2) is 46.9 Å². The Balaban J connectivity index is 2.70. The zero-order valence-corrected chi connectivity index (χ0v) is 13.4. The van der Waals surface area contributed by atoms with Gasteiger partial charge in [-0.05, 0) is 0 Å². The van der Waals surface area contributed by atoms with Crippen LogP contribution in [0.1, 0.15) is 12.8 Å². The molecule has 0 aromatic carbocycles. The van der Waals surface area contributed by atoms with Crippen molar-refractivity contribution in [2.75, 3.05) is 13.2 Å². The molecule has 0 atom stereocenters. The molecule has 0 heterocycles. The number of aliphatic carboxylic acids is 2. The summed E-state index contributed by atoms with van der Waals surface area (Å²) < 4.78 is 0. The molecule has 0 amide bonds. The van der Waals surface area contributed by atoms with Crippen LogP contribution in [0.15, 0.2) is 21.5 Å². The highest BCUT2D eigenvalue weighted by atomic mass is 35.5. The van der Waals surface area contributed by atoms with Gasteiger partial charge < -0.3 is 10.2 Å². The lowest BCUT2D eigenvalue weighted by atomic mass is 10.1. The Hall–Kier alpha value is -2.14. The van der Waals surface area contributed by atoms with Crippen LogP contribution in [0.4, 0.5) is 0 Å². The van der Waals surface area contributed by atoms with E-state index in [4.69, 9.17) is 43.1 Å². The molecule has 1 aliphatic carbocycles. The molecular formula is C12H12Cl2N2O8. The predicted octanol–water partition coefficient (Wildman–Crippen LogP) is 0.0308. The maximum Gasteiger partial charge on any atom is 0.305 e. The number of carboxylic acid groups (broad SMARTS) is 2. The molecule has 1 rings (SSSR count). The average molecular weight is 383 g/mol. The van der Waals surface area contributed by atoms with E-state index in [-0.39, 0.29) is 26.1 Å². The molecule has 0 spiro atoms. The Bertz CT molecular complexity index is 575. The van der Waals surface area contributed by atoms with E-state index >= 15 is 0 Å². The van der Waals surface area contributed by atoms with Crippen molar-refractivity contribution in [1.29, 1.82) is 0 Å². The van der Waals surface area contributed by atoms with Crippen molar-refractivity contribution < 1.29 is 39.1 Å². The summed E-state index contributed by atoms with van der Waals surface area (Å²) in [6.45, 7) is -0.565. The van der Waals surface area contributed by atoms with Crippen molar-refractivity contribution in [3.8, 4) is 0 Å². The summed E-state index contributed by atoms with van der Waals surface area (Å²) in [5, 5.41) is 15.8. The lowest BCUT2D eigenvalue weighted by Crippen LogP contribution is -2.34. The first-order valence-corrected chi connectivity index (χ1v) is 7.09. The summed E-state index contributed by atoms with van der Waals surface area (Å²) in [5.41, 5.74) is 3.28. The van der Waals surface area contributed by atoms with Gasteiger partial charge in [-0.3, -0.25) is 39.8 Å². The monoisotopic (exact) mass is 382 g/mol. The third kappa shape index (κ3) is 5.49. The van der Waals surface area contributed by atoms with E-state index in [1.807, 2.05) is 0 Å². The Morgan fingerprint density at radius 3 is 1.46 bits per heavy atom. The Kier molecular flexibility index (Phi) is 7.65. The second-order valence-electron chi connectivity index (χ2n) is 4.22. The van der Waals surface area contributed by atoms with E-state index in [1.165, 1.54) is 0 Å². The number of carbonyl (C=O) groups excluding carboxylic acids is 2. The fourth-order valence-corrected chi connectivity index (χ4v) is 1.79. The number of Topliss-reactive ketones (excluding diaryl/α,β-unsaturated/α-hetero) is 2. The minimum atomic E-state index is -1.12. The van der Waals surface area contributed by atoms with Gasteiger partial charge in [-0.15, -0.1) is 0 Å². The summed E-state index contributed by atoms with van der Waals surface area (Å²) >= 11 is 11.5. The van der Waals surface area contributed by atoms with E-state index in [1.54, 1.807) is 0 Å². The number of hydrogen-bond donors (Lipinski definition) is 4. The molecule has 0 saturated heterocycles. The van der Waals surface area contributed by atoms with Crippen molar-refractivity contribution in [3.05, 3.63) is 21.5 Å². The quantitative estimate of drug-likeness (QED) is 0.231. The van der Waals surface area contributed by atoms with E-state index in [0.29, 0.717) is 0 Å². The molecule has 132 valence electrons. The summed E-state index contributed by atoms with van der Waals surface area (Å²) in [6, 6.07) is 0. The second-order valence-corrected chi connectivity index (χ2v) is 4.98. The smallest absolute Gasteiger partial charge is 0.305 e. The first kappa shape index (κ1) is 19.9. The number of carbonyl (C=O) groups is 4. The molecule has 0 aromatic rings. The number of carboxylic acids is 2. The van der Waals surface area contributed by atoms with Gasteiger partial charge in [-0.2, -0.15) is 0 Å². The average Bonchev–Trinajstić information content (AvgIpc) is 2.51. The van der Waals surface area contributed by atoms with Crippen LogP contribution in [0.3, 0.4) is 0 Å². The summed E-state index contributed by atoms with van der Waals surface area (Å²) in [6.07, 6.45) is -0.679. The molecule has 0 radical (unpaired) electrons. The van der Waals surface area contributed by atoms with Crippen LogP contribution in [0.2, 0.25) is 0 Å². The normalized spacial score (nSPS) is 14.9. The zero-order chi connectivity index (χ0) is 18.3. The standard InChI is InChI=1S/C12H12Cl2N2O8/c13-7-9(15-23-3-1-5(17)18)11(21)8(14)10(12(7)22)16-24-4-2-6(19)20/h15-16H,1-4H2,(H,17,18)(H,19,20). The molecule has 0 fully saturated rings. The summed E-state index contributed by atoms with van der Waals surface area (Å²) in [7, 11) is 0. The molecule has 12 heteroatoms. The number of hydroxylamine groups is 2. The van der Waals surface area contributed by atoms with Gasteiger partial charge in [0.1, 0.15) is 21.5 Å². The molecule has 10 nitrogen and oxygen atoms in total. The van der Waals surface area contributed by atoms with Gasteiger partial charge in [0.25, 0.3) is 0 Å². The third-order valence-electron chi connectivity index (χ3n) is 2.48. The number of ketones is 2. The zero-order valence-electron chi connectivity index (χ0n) is 11.9. The van der Waals surface area contributed by atoms with Gasteiger partial charge in [-0.1, -0.05) is 23.2 Å². The van der Waals surface area contributed by atoms with E-state index in [9.17, 15) is 19.2 Å². The maximum absolute atomic E-state index is 12.0. The van der Waals surface area contributed by atoms with Gasteiger partial charge in [0, 0.05) is 0 Å². The highest BCUT2D eigenvalue weighted by Gasteiger charge is 2.34. The Morgan fingerprint density at radius 2 is 1.17 bits per heavy atom. The lowest BCUT2D eigenvalue weighted by molar-refractivity contribution is -0.140. The Labute approximate surface area is 144 Å². The molecular weight excluding hydrogens is 371 g/mol. The fourth-order valence-electron chi connectivity index (χ4n) is 1.35. The van der Waals surface area contributed by atoms with Crippen molar-refractivity contribution in [3.63, 3.8) is 0 Å². The van der Waals surface area contributed by atoms with Crippen LogP contribution in [-0.2, 0) is 28.9 Å². The van der Waals surface area contributed by atoms with Crippen LogP contribution in [0.25, 0.3) is 0 Å². The summed E-state index contributed by atoms with van der Waals surface area (Å²) in [4.78, 5) is 54.2. The number of halogens is 2. The minimum absolute atomic E-state index is 0.283. The van der Waals surface area contributed by atoms with Crippen molar-refractivity contribution >= 4 is 46.7 Å². The molecule has 0 saturated carbocycles. The molecule has 1 aliphatic rings. The van der Waals surface area contributed by atoms with Gasteiger partial charge in [0.2, 0.25) is 11.6 Å². The summed E-state index contributed by atoms with van der Waals surface area (Å²) in [5.74, 6) is -4.02. The minimum Gasteiger partial charge on any atom is -0.481 e. The highest BCUT2D eigenvalue weighted by molar-refractivity contribution is 6.55. The van der Waals surface area contributed by atoms with Gasteiger partial charge >= 0.3 is 11.9 Å². The van der Waals surface area contributed by atoms with Crippen LogP contribution in [0, 0.1) is 0 Å².